The van der Waals surface area contributed by atoms with E-state index in [1.165, 1.54) is 40.0 Å². The van der Waals surface area contributed by atoms with Gasteiger partial charge in [-0.2, -0.15) is 0 Å². The highest BCUT2D eigenvalue weighted by Crippen LogP contribution is 2.40. The number of hydrogen-bond donors (Lipinski definition) is 0. The molecule has 2 aromatic rings. The van der Waals surface area contributed by atoms with Crippen LogP contribution in [0, 0.1) is 5.92 Å². The highest BCUT2D eigenvalue weighted by molar-refractivity contribution is 5.73. The first-order chi connectivity index (χ1) is 13.0. The summed E-state index contributed by atoms with van der Waals surface area (Å²) in [5.41, 5.74) is 11.5. The molecule has 0 fully saturated rings. The van der Waals surface area contributed by atoms with Crippen molar-refractivity contribution >= 4 is 23.5 Å². The van der Waals surface area contributed by atoms with Crippen LogP contribution in [0.3, 0.4) is 0 Å². The molecule has 0 aromatic heterocycles. The highest BCUT2D eigenvalue weighted by atomic mass is 15.1. The number of allylic oxidation sites excluding steroid dienone is 2. The van der Waals surface area contributed by atoms with E-state index < -0.39 is 0 Å². The van der Waals surface area contributed by atoms with Crippen molar-refractivity contribution in [2.45, 2.75) is 26.2 Å². The minimum absolute atomic E-state index is 0.551. The first kappa shape index (κ1) is 17.9. The largest absolute Gasteiger partial charge is 0.378 e. The van der Waals surface area contributed by atoms with Gasteiger partial charge in [-0.05, 0) is 65.8 Å². The molecule has 0 amide bonds. The molecule has 0 heterocycles. The van der Waals surface area contributed by atoms with Gasteiger partial charge in [0.25, 0.3) is 0 Å². The Morgan fingerprint density at radius 2 is 1.19 bits per heavy atom. The summed E-state index contributed by atoms with van der Waals surface area (Å²) in [6, 6.07) is 13.8. The van der Waals surface area contributed by atoms with Crippen LogP contribution in [0.15, 0.2) is 47.5 Å². The van der Waals surface area contributed by atoms with E-state index in [0.29, 0.717) is 5.92 Å². The summed E-state index contributed by atoms with van der Waals surface area (Å²) in [5, 5.41) is 0. The molecule has 2 aromatic carbocycles. The molecule has 0 bridgehead atoms. The molecule has 2 heteroatoms. The predicted molar refractivity (Wildman–Crippen MR) is 119 cm³/mol. The normalized spacial score (nSPS) is 14.7. The molecule has 0 spiro atoms. The molecule has 2 aliphatic rings. The standard InChI is InChI=1S/C25H30N2/c1-6-25(21-11-17-7-9-23(26(2)3)15-19(17)13-21)22-12-18-8-10-24(27(4)5)16-20(18)14-22/h7-10,13-16,25H,6,11-12H2,1-5H3. The number of anilines is 2. The molecule has 0 saturated carbocycles. The number of benzene rings is 2. The predicted octanol–water partition coefficient (Wildman–Crippen LogP) is 5.42. The maximum absolute atomic E-state index is 2.45. The second kappa shape index (κ2) is 6.92. The van der Waals surface area contributed by atoms with E-state index in [1.54, 1.807) is 11.1 Å². The number of rotatable bonds is 5. The molecule has 0 unspecified atom stereocenters. The van der Waals surface area contributed by atoms with Crippen LogP contribution in [0.4, 0.5) is 11.4 Å². The van der Waals surface area contributed by atoms with Gasteiger partial charge < -0.3 is 9.80 Å². The molecule has 0 N–H and O–H groups in total. The van der Waals surface area contributed by atoms with Crippen LogP contribution < -0.4 is 9.80 Å². The Morgan fingerprint density at radius 3 is 1.56 bits per heavy atom. The molecule has 0 radical (unpaired) electrons. The fraction of sp³-hybridized carbons (Fsp3) is 0.360. The summed E-state index contributed by atoms with van der Waals surface area (Å²) in [5.74, 6) is 0.551. The van der Waals surface area contributed by atoms with Crippen LogP contribution in [0.5, 0.6) is 0 Å². The van der Waals surface area contributed by atoms with Gasteiger partial charge in [-0.1, -0.05) is 42.4 Å². The molecule has 2 aliphatic carbocycles. The molecule has 140 valence electrons. The quantitative estimate of drug-likeness (QED) is 0.704. The van der Waals surface area contributed by atoms with Gasteiger partial charge in [0, 0.05) is 45.5 Å². The van der Waals surface area contributed by atoms with Crippen LogP contribution in [0.25, 0.3) is 12.2 Å². The maximum Gasteiger partial charge on any atom is 0.0367 e. The Bertz CT molecular complexity index is 856. The summed E-state index contributed by atoms with van der Waals surface area (Å²) in [7, 11) is 8.44. The van der Waals surface area contributed by atoms with E-state index in [0.717, 1.165) is 12.8 Å². The number of nitrogens with zero attached hydrogens (tertiary/aromatic N) is 2. The summed E-state index contributed by atoms with van der Waals surface area (Å²) < 4.78 is 0. The first-order valence-electron chi connectivity index (χ1n) is 9.97. The number of fused-ring (bicyclic) bond motifs is 2. The Kier molecular flexibility index (Phi) is 4.59. The fourth-order valence-corrected chi connectivity index (χ4v) is 4.46. The van der Waals surface area contributed by atoms with Crippen LogP contribution in [-0.2, 0) is 12.8 Å². The number of hydrogen-bond acceptors (Lipinski definition) is 2. The average Bonchev–Trinajstić information content (AvgIpc) is 3.24. The fourth-order valence-electron chi connectivity index (χ4n) is 4.46. The lowest BCUT2D eigenvalue weighted by Gasteiger charge is -2.18. The van der Waals surface area contributed by atoms with Gasteiger partial charge in [0.1, 0.15) is 0 Å². The lowest BCUT2D eigenvalue weighted by atomic mass is 9.86. The van der Waals surface area contributed by atoms with Crippen LogP contribution in [0.2, 0.25) is 0 Å². The van der Waals surface area contributed by atoms with Crippen LogP contribution >= 0.6 is 0 Å². The molecule has 2 nitrogen and oxygen atoms in total. The smallest absolute Gasteiger partial charge is 0.0367 e. The van der Waals surface area contributed by atoms with Crippen molar-refractivity contribution < 1.29 is 0 Å². The summed E-state index contributed by atoms with van der Waals surface area (Å²) >= 11 is 0. The molecule has 0 saturated heterocycles. The van der Waals surface area contributed by atoms with E-state index in [9.17, 15) is 0 Å². The van der Waals surface area contributed by atoms with Crippen molar-refractivity contribution in [2.24, 2.45) is 5.92 Å². The second-order valence-electron chi connectivity index (χ2n) is 8.31. The molecule has 27 heavy (non-hydrogen) atoms. The molecular weight excluding hydrogens is 328 g/mol. The third-order valence-corrected chi connectivity index (χ3v) is 6.07. The van der Waals surface area contributed by atoms with Crippen molar-refractivity contribution in [3.05, 3.63) is 69.8 Å². The molecule has 0 aliphatic heterocycles. The third kappa shape index (κ3) is 3.29. The Balaban J connectivity index is 1.61. The van der Waals surface area contributed by atoms with E-state index in [4.69, 9.17) is 0 Å². The summed E-state index contributed by atoms with van der Waals surface area (Å²) in [4.78, 5) is 4.36. The Hall–Kier alpha value is -2.48. The highest BCUT2D eigenvalue weighted by Gasteiger charge is 2.26. The van der Waals surface area contributed by atoms with Gasteiger partial charge in [-0.15, -0.1) is 0 Å². The molecule has 4 rings (SSSR count). The first-order valence-corrected chi connectivity index (χ1v) is 9.97. The summed E-state index contributed by atoms with van der Waals surface area (Å²) in [6.45, 7) is 2.33. The minimum atomic E-state index is 0.551. The summed E-state index contributed by atoms with van der Waals surface area (Å²) in [6.07, 6.45) is 8.26. The van der Waals surface area contributed by atoms with Gasteiger partial charge >= 0.3 is 0 Å². The van der Waals surface area contributed by atoms with Gasteiger partial charge in [-0.25, -0.2) is 0 Å². The van der Waals surface area contributed by atoms with Gasteiger partial charge in [0.05, 0.1) is 0 Å². The zero-order chi connectivity index (χ0) is 19.1. The maximum atomic E-state index is 2.45. The van der Waals surface area contributed by atoms with E-state index in [-0.39, 0.29) is 0 Å². The van der Waals surface area contributed by atoms with Gasteiger partial charge in [0.15, 0.2) is 0 Å². The Morgan fingerprint density at radius 1 is 0.741 bits per heavy atom. The molecular formula is C25H30N2. The monoisotopic (exact) mass is 358 g/mol. The lowest BCUT2D eigenvalue weighted by Crippen LogP contribution is -2.08. The van der Waals surface area contributed by atoms with E-state index >= 15 is 0 Å². The van der Waals surface area contributed by atoms with Gasteiger partial charge in [-0.3, -0.25) is 0 Å². The zero-order valence-electron chi connectivity index (χ0n) is 17.2. The minimum Gasteiger partial charge on any atom is -0.378 e. The Labute approximate surface area is 163 Å². The van der Waals surface area contributed by atoms with Gasteiger partial charge in [0.2, 0.25) is 0 Å². The topological polar surface area (TPSA) is 6.48 Å². The third-order valence-electron chi connectivity index (χ3n) is 6.07. The SMILES string of the molecule is CCC(C1=Cc2cc(N(C)C)ccc2C1)C1=Cc2cc(N(C)C)ccc2C1. The second-order valence-corrected chi connectivity index (χ2v) is 8.31. The van der Waals surface area contributed by atoms with Crippen LogP contribution in [-0.4, -0.2) is 28.2 Å². The van der Waals surface area contributed by atoms with Crippen molar-refractivity contribution in [2.75, 3.05) is 38.0 Å². The van der Waals surface area contributed by atoms with Crippen molar-refractivity contribution in [1.82, 2.24) is 0 Å². The average molecular weight is 359 g/mol. The van der Waals surface area contributed by atoms with Crippen molar-refractivity contribution in [3.8, 4) is 0 Å². The van der Waals surface area contributed by atoms with E-state index in [2.05, 4.69) is 93.5 Å². The van der Waals surface area contributed by atoms with E-state index in [1.807, 2.05) is 0 Å². The zero-order valence-corrected chi connectivity index (χ0v) is 17.2. The van der Waals surface area contributed by atoms with Crippen molar-refractivity contribution in [3.63, 3.8) is 0 Å². The lowest BCUT2D eigenvalue weighted by molar-refractivity contribution is 0.667. The molecule has 0 atom stereocenters. The van der Waals surface area contributed by atoms with Crippen LogP contribution in [0.1, 0.15) is 35.6 Å². The van der Waals surface area contributed by atoms with Crippen molar-refractivity contribution in [1.29, 1.82) is 0 Å².